The Hall–Kier alpha value is -2.12. The fourth-order valence-electron chi connectivity index (χ4n) is 2.41. The number of esters is 1. The highest BCUT2D eigenvalue weighted by molar-refractivity contribution is 5.73. The summed E-state index contributed by atoms with van der Waals surface area (Å²) in [5.41, 5.74) is -0.918. The average Bonchev–Trinajstić information content (AvgIpc) is 2.48. The molecule has 1 fully saturated rings. The Kier molecular flexibility index (Phi) is 3.91. The van der Waals surface area contributed by atoms with Crippen molar-refractivity contribution in [2.45, 2.75) is 12.8 Å². The molecule has 1 saturated heterocycles. The number of carbonyl (C=O) groups excluding carboxylic acids is 1. The van der Waals surface area contributed by atoms with E-state index in [4.69, 9.17) is 4.74 Å². The lowest BCUT2D eigenvalue weighted by Crippen LogP contribution is -2.47. The van der Waals surface area contributed by atoms with E-state index in [9.17, 15) is 14.4 Å². The van der Waals surface area contributed by atoms with Crippen molar-refractivity contribution in [3.8, 4) is 0 Å². The normalized spacial score (nSPS) is 18.9. The molecule has 0 radical (unpaired) electrons. The van der Waals surface area contributed by atoms with E-state index in [1.165, 1.54) is 21.2 Å². The van der Waals surface area contributed by atoms with Crippen molar-refractivity contribution >= 4 is 11.8 Å². The number of aromatic nitrogens is 3. The van der Waals surface area contributed by atoms with Gasteiger partial charge in [-0.1, -0.05) is 0 Å². The third-order valence-electron chi connectivity index (χ3n) is 3.56. The van der Waals surface area contributed by atoms with Gasteiger partial charge in [0.1, 0.15) is 0 Å². The highest BCUT2D eigenvalue weighted by Gasteiger charge is 2.29. The van der Waals surface area contributed by atoms with Crippen LogP contribution in [0.2, 0.25) is 0 Å². The van der Waals surface area contributed by atoms with Gasteiger partial charge in [-0.15, -0.1) is 5.10 Å². The van der Waals surface area contributed by atoms with Crippen LogP contribution in [0.5, 0.6) is 0 Å². The van der Waals surface area contributed by atoms with Gasteiger partial charge in [-0.25, -0.2) is 9.48 Å². The van der Waals surface area contributed by atoms with Crippen LogP contribution < -0.4 is 16.1 Å². The maximum absolute atomic E-state index is 12.1. The zero-order chi connectivity index (χ0) is 14.9. The number of carbonyl (C=O) groups is 1. The van der Waals surface area contributed by atoms with E-state index >= 15 is 0 Å². The third-order valence-corrected chi connectivity index (χ3v) is 3.56. The molecule has 1 aliphatic heterocycles. The van der Waals surface area contributed by atoms with E-state index < -0.39 is 11.2 Å². The first-order valence-electron chi connectivity index (χ1n) is 6.42. The van der Waals surface area contributed by atoms with E-state index in [1.54, 1.807) is 4.90 Å². The van der Waals surface area contributed by atoms with Crippen LogP contribution in [-0.4, -0.2) is 40.5 Å². The van der Waals surface area contributed by atoms with Gasteiger partial charge in [-0.2, -0.15) is 0 Å². The molecule has 8 heteroatoms. The summed E-state index contributed by atoms with van der Waals surface area (Å²) in [4.78, 5) is 37.1. The first kappa shape index (κ1) is 14.3. The molecule has 1 aliphatic rings. The summed E-state index contributed by atoms with van der Waals surface area (Å²) >= 11 is 0. The van der Waals surface area contributed by atoms with Gasteiger partial charge >= 0.3 is 11.7 Å². The molecular formula is C12H18N4O4. The van der Waals surface area contributed by atoms with Gasteiger partial charge in [0.15, 0.2) is 0 Å². The summed E-state index contributed by atoms with van der Waals surface area (Å²) in [6, 6.07) is 0. The van der Waals surface area contributed by atoms with Crippen LogP contribution >= 0.6 is 0 Å². The van der Waals surface area contributed by atoms with Crippen molar-refractivity contribution in [3.05, 3.63) is 20.8 Å². The molecule has 1 aromatic rings. The Bertz CT molecular complexity index is 633. The average molecular weight is 282 g/mol. The Morgan fingerprint density at radius 2 is 2.05 bits per heavy atom. The zero-order valence-corrected chi connectivity index (χ0v) is 11.8. The number of rotatable bonds is 2. The SMILES string of the molecule is COC(=O)C1CCCN(c2nn(C)c(=O)n(C)c2=O)C1. The van der Waals surface area contributed by atoms with Gasteiger partial charge in [-0.05, 0) is 12.8 Å². The molecule has 1 aromatic heterocycles. The predicted molar refractivity (Wildman–Crippen MR) is 71.7 cm³/mol. The number of hydrogen-bond donors (Lipinski definition) is 0. The van der Waals surface area contributed by atoms with Crippen molar-refractivity contribution < 1.29 is 9.53 Å². The number of ether oxygens (including phenoxy) is 1. The molecule has 8 nitrogen and oxygen atoms in total. The fraction of sp³-hybridized carbons (Fsp3) is 0.667. The van der Waals surface area contributed by atoms with Crippen LogP contribution in [0.4, 0.5) is 5.82 Å². The Morgan fingerprint density at radius 1 is 1.35 bits per heavy atom. The van der Waals surface area contributed by atoms with E-state index in [0.29, 0.717) is 13.1 Å². The molecule has 0 N–H and O–H groups in total. The van der Waals surface area contributed by atoms with E-state index in [0.717, 1.165) is 22.1 Å². The second-order valence-electron chi connectivity index (χ2n) is 4.90. The van der Waals surface area contributed by atoms with Crippen molar-refractivity contribution in [1.82, 2.24) is 14.3 Å². The Morgan fingerprint density at radius 3 is 2.70 bits per heavy atom. The van der Waals surface area contributed by atoms with Crippen molar-refractivity contribution in [3.63, 3.8) is 0 Å². The molecule has 2 heterocycles. The Balaban J connectivity index is 2.35. The molecular weight excluding hydrogens is 264 g/mol. The topological polar surface area (TPSA) is 86.4 Å². The molecule has 1 atom stereocenters. The molecule has 20 heavy (non-hydrogen) atoms. The van der Waals surface area contributed by atoms with E-state index in [-0.39, 0.29) is 17.7 Å². The highest BCUT2D eigenvalue weighted by atomic mass is 16.5. The molecule has 0 amide bonds. The zero-order valence-electron chi connectivity index (χ0n) is 11.8. The summed E-state index contributed by atoms with van der Waals surface area (Å²) < 4.78 is 6.89. The van der Waals surface area contributed by atoms with E-state index in [1.807, 2.05) is 0 Å². The minimum atomic E-state index is -0.472. The summed E-state index contributed by atoms with van der Waals surface area (Å²) in [5, 5.41) is 4.02. The van der Waals surface area contributed by atoms with Gasteiger partial charge < -0.3 is 9.64 Å². The molecule has 110 valence electrons. The molecule has 1 unspecified atom stereocenters. The number of methoxy groups -OCH3 is 1. The van der Waals surface area contributed by atoms with Crippen molar-refractivity contribution in [1.29, 1.82) is 0 Å². The van der Waals surface area contributed by atoms with Crippen LogP contribution in [0, 0.1) is 5.92 Å². The number of aryl methyl sites for hydroxylation is 1. The number of piperidine rings is 1. The second kappa shape index (κ2) is 5.48. The summed E-state index contributed by atoms with van der Waals surface area (Å²) in [6.45, 7) is 1.01. The molecule has 0 bridgehead atoms. The third kappa shape index (κ3) is 2.45. The molecule has 0 spiro atoms. The van der Waals surface area contributed by atoms with Crippen LogP contribution in [-0.2, 0) is 23.6 Å². The molecule has 0 aromatic carbocycles. The van der Waals surface area contributed by atoms with Crippen molar-refractivity contribution in [2.75, 3.05) is 25.1 Å². The Labute approximate surface area is 115 Å². The quantitative estimate of drug-likeness (QED) is 0.638. The first-order valence-corrected chi connectivity index (χ1v) is 6.42. The van der Waals surface area contributed by atoms with Crippen LogP contribution in [0.15, 0.2) is 9.59 Å². The number of anilines is 1. The lowest BCUT2D eigenvalue weighted by molar-refractivity contribution is -0.145. The van der Waals surface area contributed by atoms with Gasteiger partial charge in [0.2, 0.25) is 5.82 Å². The minimum Gasteiger partial charge on any atom is -0.469 e. The van der Waals surface area contributed by atoms with Crippen LogP contribution in [0.25, 0.3) is 0 Å². The second-order valence-corrected chi connectivity index (χ2v) is 4.90. The molecule has 0 saturated carbocycles. The van der Waals surface area contributed by atoms with Gasteiger partial charge in [-0.3, -0.25) is 14.2 Å². The summed E-state index contributed by atoms with van der Waals surface area (Å²) in [5.74, 6) is -0.350. The minimum absolute atomic E-state index is 0.197. The maximum Gasteiger partial charge on any atom is 0.346 e. The lowest BCUT2D eigenvalue weighted by Gasteiger charge is -2.31. The fourth-order valence-corrected chi connectivity index (χ4v) is 2.41. The first-order chi connectivity index (χ1) is 9.45. The largest absolute Gasteiger partial charge is 0.469 e. The highest BCUT2D eigenvalue weighted by Crippen LogP contribution is 2.19. The summed E-state index contributed by atoms with van der Waals surface area (Å²) in [7, 11) is 4.26. The van der Waals surface area contributed by atoms with Gasteiger partial charge in [0, 0.05) is 27.2 Å². The van der Waals surface area contributed by atoms with Crippen LogP contribution in [0.1, 0.15) is 12.8 Å². The standard InChI is InChI=1S/C12H18N4O4/c1-14-10(17)9(13-15(2)12(14)19)16-6-4-5-8(7-16)11(18)20-3/h8H,4-7H2,1-3H3. The molecule has 2 rings (SSSR count). The molecule has 0 aliphatic carbocycles. The van der Waals surface area contributed by atoms with Crippen LogP contribution in [0.3, 0.4) is 0 Å². The number of hydrogen-bond acceptors (Lipinski definition) is 6. The monoisotopic (exact) mass is 282 g/mol. The number of nitrogens with zero attached hydrogens (tertiary/aromatic N) is 4. The lowest BCUT2D eigenvalue weighted by atomic mass is 9.98. The van der Waals surface area contributed by atoms with Gasteiger partial charge in [0.25, 0.3) is 5.56 Å². The smallest absolute Gasteiger partial charge is 0.346 e. The van der Waals surface area contributed by atoms with E-state index in [2.05, 4.69) is 5.10 Å². The maximum atomic E-state index is 12.1. The predicted octanol–water partition coefficient (Wildman–Crippen LogP) is -1.13. The summed E-state index contributed by atoms with van der Waals surface area (Å²) in [6.07, 6.45) is 1.50. The van der Waals surface area contributed by atoms with Gasteiger partial charge in [0.05, 0.1) is 13.0 Å². The van der Waals surface area contributed by atoms with Crippen molar-refractivity contribution in [2.24, 2.45) is 20.0 Å².